The molecule has 1 aliphatic rings. The number of nitrogens with zero attached hydrogens (tertiary/aromatic N) is 2. The minimum absolute atomic E-state index is 0.0959. The van der Waals surface area contributed by atoms with Gasteiger partial charge in [0, 0.05) is 30.5 Å². The van der Waals surface area contributed by atoms with Crippen molar-refractivity contribution in [3.05, 3.63) is 41.0 Å². The maximum Gasteiger partial charge on any atom is 0.255 e. The highest BCUT2D eigenvalue weighted by Crippen LogP contribution is 2.31. The normalized spacial score (nSPS) is 14.0. The van der Waals surface area contributed by atoms with Crippen LogP contribution in [0.3, 0.4) is 0 Å². The third-order valence-electron chi connectivity index (χ3n) is 5.78. The lowest BCUT2D eigenvalue weighted by molar-refractivity contribution is -0.122. The SMILES string of the molecule is CCC(=O)CCC(C(C)=O)N1Cc2c(ccc(-c3ccc(CC)c(N)n3)c2P)C1=O. The van der Waals surface area contributed by atoms with Crippen LogP contribution in [0.4, 0.5) is 5.82 Å². The van der Waals surface area contributed by atoms with Gasteiger partial charge in [-0.05, 0) is 48.3 Å². The number of amides is 1. The molecule has 1 aliphatic heterocycles. The lowest BCUT2D eigenvalue weighted by Crippen LogP contribution is -2.40. The molecule has 0 saturated heterocycles. The fraction of sp³-hybridized carbons (Fsp3) is 0.391. The smallest absolute Gasteiger partial charge is 0.255 e. The number of hydrogen-bond donors (Lipinski definition) is 1. The van der Waals surface area contributed by atoms with Gasteiger partial charge >= 0.3 is 0 Å². The van der Waals surface area contributed by atoms with E-state index in [2.05, 4.69) is 14.2 Å². The Labute approximate surface area is 179 Å². The standard InChI is InChI=1S/C23H28N3O3P/c1-4-14-6-10-19(25-22(14)24)17-9-8-16-18(21(17)30)12-26(23(16)29)20(13(3)27)11-7-15(28)5-2/h6,8-10,20H,4-5,7,11-12,30H2,1-3H3,(H2,24,25). The van der Waals surface area contributed by atoms with Gasteiger partial charge in [-0.25, -0.2) is 4.98 Å². The number of aromatic nitrogens is 1. The molecule has 0 fully saturated rings. The Hall–Kier alpha value is -2.59. The summed E-state index contributed by atoms with van der Waals surface area (Å²) in [5, 5.41) is 0.881. The highest BCUT2D eigenvalue weighted by molar-refractivity contribution is 7.28. The number of hydrogen-bond acceptors (Lipinski definition) is 5. The van der Waals surface area contributed by atoms with Gasteiger partial charge in [-0.15, -0.1) is 9.24 Å². The van der Waals surface area contributed by atoms with Crippen molar-refractivity contribution >= 4 is 37.8 Å². The lowest BCUT2D eigenvalue weighted by Gasteiger charge is -2.25. The molecule has 2 aromatic rings. The first kappa shape index (κ1) is 22.1. The molecule has 0 spiro atoms. The number of pyridine rings is 1. The molecule has 3 rings (SSSR count). The average Bonchev–Trinajstić information content (AvgIpc) is 3.05. The predicted molar refractivity (Wildman–Crippen MR) is 122 cm³/mol. The summed E-state index contributed by atoms with van der Waals surface area (Å²) >= 11 is 0. The molecule has 2 heterocycles. The molecule has 7 heteroatoms. The van der Waals surface area contributed by atoms with E-state index in [1.807, 2.05) is 25.1 Å². The van der Waals surface area contributed by atoms with E-state index in [4.69, 9.17) is 5.73 Å². The number of aryl methyl sites for hydroxylation is 1. The van der Waals surface area contributed by atoms with Gasteiger partial charge in [0.25, 0.3) is 5.91 Å². The van der Waals surface area contributed by atoms with Gasteiger partial charge in [-0.2, -0.15) is 0 Å². The average molecular weight is 425 g/mol. The predicted octanol–water partition coefficient (Wildman–Crippen LogP) is 3.07. The second-order valence-corrected chi connectivity index (χ2v) is 8.22. The quantitative estimate of drug-likeness (QED) is 0.656. The summed E-state index contributed by atoms with van der Waals surface area (Å²) in [6.07, 6.45) is 1.91. The molecule has 6 nitrogen and oxygen atoms in total. The Kier molecular flexibility index (Phi) is 6.67. The van der Waals surface area contributed by atoms with Crippen LogP contribution < -0.4 is 11.0 Å². The fourth-order valence-corrected chi connectivity index (χ4v) is 4.40. The number of rotatable bonds is 8. The van der Waals surface area contributed by atoms with Crippen LogP contribution in [0.5, 0.6) is 0 Å². The van der Waals surface area contributed by atoms with Crippen LogP contribution in [0.1, 0.15) is 61.5 Å². The van der Waals surface area contributed by atoms with Crippen molar-refractivity contribution in [2.45, 2.75) is 59.0 Å². The van der Waals surface area contributed by atoms with Gasteiger partial charge in [0.05, 0.1) is 11.7 Å². The maximum atomic E-state index is 13.0. The van der Waals surface area contributed by atoms with E-state index in [0.717, 1.165) is 34.1 Å². The van der Waals surface area contributed by atoms with Gasteiger partial charge in [0.1, 0.15) is 11.6 Å². The number of carbonyl (C=O) groups excluding carboxylic acids is 3. The molecule has 158 valence electrons. The number of carbonyl (C=O) groups is 3. The highest BCUT2D eigenvalue weighted by Gasteiger charge is 2.36. The second kappa shape index (κ2) is 9.05. The van der Waals surface area contributed by atoms with Crippen LogP contribution >= 0.6 is 9.24 Å². The summed E-state index contributed by atoms with van der Waals surface area (Å²) in [4.78, 5) is 43.2. The molecule has 0 radical (unpaired) electrons. The van der Waals surface area contributed by atoms with E-state index >= 15 is 0 Å². The Morgan fingerprint density at radius 1 is 1.20 bits per heavy atom. The molecule has 0 saturated carbocycles. The van der Waals surface area contributed by atoms with E-state index in [9.17, 15) is 14.4 Å². The van der Waals surface area contributed by atoms with Crippen LogP contribution in [0.25, 0.3) is 11.3 Å². The molecule has 0 bridgehead atoms. The van der Waals surface area contributed by atoms with Gasteiger partial charge < -0.3 is 10.6 Å². The Morgan fingerprint density at radius 3 is 2.50 bits per heavy atom. The maximum absolute atomic E-state index is 13.0. The topological polar surface area (TPSA) is 93.4 Å². The molecule has 2 N–H and O–H groups in total. The molecule has 2 atom stereocenters. The summed E-state index contributed by atoms with van der Waals surface area (Å²) < 4.78 is 0. The zero-order chi connectivity index (χ0) is 22.0. The highest BCUT2D eigenvalue weighted by atomic mass is 31.0. The van der Waals surface area contributed by atoms with Crippen LogP contribution in [-0.2, 0) is 22.6 Å². The monoisotopic (exact) mass is 425 g/mol. The van der Waals surface area contributed by atoms with Crippen molar-refractivity contribution < 1.29 is 14.4 Å². The number of Topliss-reactive ketones (excluding diaryl/α,β-unsaturated/α-hetero) is 2. The van der Waals surface area contributed by atoms with Crippen molar-refractivity contribution in [1.29, 1.82) is 0 Å². The van der Waals surface area contributed by atoms with Crippen LogP contribution in [-0.4, -0.2) is 33.4 Å². The number of nitrogens with two attached hydrogens (primary N) is 1. The first-order valence-corrected chi connectivity index (χ1v) is 10.9. The molecule has 0 aliphatic carbocycles. The number of nitrogen functional groups attached to an aromatic ring is 1. The number of anilines is 1. The Bertz CT molecular complexity index is 1020. The summed E-state index contributed by atoms with van der Waals surface area (Å²) in [6.45, 7) is 5.65. The molecular weight excluding hydrogens is 397 g/mol. The number of benzene rings is 1. The van der Waals surface area contributed by atoms with E-state index in [-0.39, 0.29) is 17.5 Å². The molecule has 1 amide bonds. The van der Waals surface area contributed by atoms with Crippen LogP contribution in [0, 0.1) is 0 Å². The third kappa shape index (κ3) is 4.15. The molecular formula is C23H28N3O3P. The first-order chi connectivity index (χ1) is 14.3. The molecule has 2 unspecified atom stereocenters. The van der Waals surface area contributed by atoms with E-state index in [1.165, 1.54) is 6.92 Å². The van der Waals surface area contributed by atoms with E-state index in [0.29, 0.717) is 37.2 Å². The van der Waals surface area contributed by atoms with E-state index in [1.54, 1.807) is 17.9 Å². The minimum Gasteiger partial charge on any atom is -0.383 e. The minimum atomic E-state index is -0.592. The van der Waals surface area contributed by atoms with Crippen molar-refractivity contribution in [2.75, 3.05) is 5.73 Å². The fourth-order valence-electron chi connectivity index (χ4n) is 3.91. The molecule has 1 aromatic carbocycles. The van der Waals surface area contributed by atoms with Crippen molar-refractivity contribution in [3.8, 4) is 11.3 Å². The zero-order valence-electron chi connectivity index (χ0n) is 17.7. The lowest BCUT2D eigenvalue weighted by atomic mass is 10.0. The summed E-state index contributed by atoms with van der Waals surface area (Å²) in [5.41, 5.74) is 10.2. The van der Waals surface area contributed by atoms with E-state index < -0.39 is 6.04 Å². The van der Waals surface area contributed by atoms with Gasteiger partial charge in [0.15, 0.2) is 5.78 Å². The summed E-state index contributed by atoms with van der Waals surface area (Å²) in [6, 6.07) is 6.99. The van der Waals surface area contributed by atoms with Gasteiger partial charge in [-0.1, -0.05) is 26.0 Å². The Balaban J connectivity index is 1.93. The Morgan fingerprint density at radius 2 is 1.90 bits per heavy atom. The molecule has 30 heavy (non-hydrogen) atoms. The van der Waals surface area contributed by atoms with Crippen molar-refractivity contribution in [1.82, 2.24) is 9.88 Å². The van der Waals surface area contributed by atoms with Crippen molar-refractivity contribution in [2.24, 2.45) is 0 Å². The summed E-state index contributed by atoms with van der Waals surface area (Å²) in [7, 11) is 2.72. The van der Waals surface area contributed by atoms with Gasteiger partial charge in [0.2, 0.25) is 0 Å². The number of fused-ring (bicyclic) bond motifs is 1. The first-order valence-electron chi connectivity index (χ1n) is 10.3. The summed E-state index contributed by atoms with van der Waals surface area (Å²) in [5.74, 6) is 0.335. The van der Waals surface area contributed by atoms with Crippen LogP contribution in [0.2, 0.25) is 0 Å². The molecule has 1 aromatic heterocycles. The second-order valence-electron chi connectivity index (χ2n) is 7.64. The van der Waals surface area contributed by atoms with Crippen LogP contribution in [0.15, 0.2) is 24.3 Å². The van der Waals surface area contributed by atoms with Crippen molar-refractivity contribution in [3.63, 3.8) is 0 Å². The zero-order valence-corrected chi connectivity index (χ0v) is 18.9. The largest absolute Gasteiger partial charge is 0.383 e. The third-order valence-corrected chi connectivity index (χ3v) is 6.44. The number of ketones is 2. The van der Waals surface area contributed by atoms with Gasteiger partial charge in [-0.3, -0.25) is 14.4 Å².